The van der Waals surface area contributed by atoms with E-state index < -0.39 is 12.3 Å². The fourth-order valence-electron chi connectivity index (χ4n) is 4.22. The molecule has 2 aliphatic rings. The highest BCUT2D eigenvalue weighted by molar-refractivity contribution is 5.94. The van der Waals surface area contributed by atoms with Gasteiger partial charge in [-0.3, -0.25) is 19.7 Å². The van der Waals surface area contributed by atoms with Gasteiger partial charge in [-0.15, -0.1) is 0 Å². The van der Waals surface area contributed by atoms with E-state index in [2.05, 4.69) is 25.5 Å². The molecule has 0 unspecified atom stereocenters. The number of hydrogen-bond donors (Lipinski definition) is 3. The highest BCUT2D eigenvalue weighted by Gasteiger charge is 2.34. The number of anilines is 1. The van der Waals surface area contributed by atoms with Crippen LogP contribution in [0.3, 0.4) is 0 Å². The van der Waals surface area contributed by atoms with Crippen molar-refractivity contribution >= 4 is 17.5 Å². The molecule has 1 aromatic carbocycles. The van der Waals surface area contributed by atoms with Crippen LogP contribution in [0.1, 0.15) is 41.3 Å². The summed E-state index contributed by atoms with van der Waals surface area (Å²) >= 11 is 0. The number of aromatic nitrogens is 4. The number of piperidine rings is 1. The number of rotatable bonds is 7. The van der Waals surface area contributed by atoms with E-state index in [1.165, 1.54) is 4.90 Å². The van der Waals surface area contributed by atoms with Crippen molar-refractivity contribution in [3.05, 3.63) is 53.7 Å². The summed E-state index contributed by atoms with van der Waals surface area (Å²) in [5.41, 5.74) is 8.88. The average Bonchev–Trinajstić information content (AvgIpc) is 3.65. The van der Waals surface area contributed by atoms with E-state index in [0.717, 1.165) is 18.4 Å². The molecule has 5 rings (SSSR count). The second-order valence-electron chi connectivity index (χ2n) is 9.16. The van der Waals surface area contributed by atoms with Gasteiger partial charge in [0.2, 0.25) is 11.7 Å². The van der Waals surface area contributed by atoms with Gasteiger partial charge in [-0.25, -0.2) is 9.37 Å². The Bertz CT molecular complexity index is 1280. The zero-order valence-electron chi connectivity index (χ0n) is 19.9. The number of H-pyrrole nitrogens is 1. The van der Waals surface area contributed by atoms with E-state index in [1.54, 1.807) is 25.3 Å². The molecule has 1 saturated carbocycles. The van der Waals surface area contributed by atoms with E-state index >= 15 is 4.39 Å². The molecule has 10 nitrogen and oxygen atoms in total. The Balaban J connectivity index is 1.25. The smallest absolute Gasteiger partial charge is 0.291 e. The van der Waals surface area contributed by atoms with Gasteiger partial charge in [0.05, 0.1) is 12.2 Å². The molecule has 2 amide bonds. The number of aromatic amines is 1. The van der Waals surface area contributed by atoms with Crippen molar-refractivity contribution < 1.29 is 18.7 Å². The standard InChI is InChI=1S/C25H28FN7O3/c1-14-29-23(32-31-14)25(35)33-9-7-22(19(26)13-33)36-21-5-4-16(10-17(21)12-27)20-11-18(6-8-28-20)30-24(34)15-2-3-15/h4-6,8,10-11,15,19,22H,2-3,7,9,12-13,27H2,1H3,(H,28,30,34)(H,29,31,32)/t19-,22+/m1/s1. The topological polar surface area (TPSA) is 139 Å². The van der Waals surface area contributed by atoms with Crippen molar-refractivity contribution in [1.82, 2.24) is 25.1 Å². The summed E-state index contributed by atoms with van der Waals surface area (Å²) in [6.45, 7) is 2.11. The van der Waals surface area contributed by atoms with Crippen LogP contribution in [0.5, 0.6) is 5.75 Å². The van der Waals surface area contributed by atoms with Gasteiger partial charge in [0.15, 0.2) is 6.17 Å². The lowest BCUT2D eigenvalue weighted by atomic mass is 10.0. The van der Waals surface area contributed by atoms with Gasteiger partial charge in [0.25, 0.3) is 5.91 Å². The molecule has 0 bridgehead atoms. The van der Waals surface area contributed by atoms with Crippen molar-refractivity contribution in [2.45, 2.75) is 45.0 Å². The number of carbonyl (C=O) groups is 2. The molecule has 11 heteroatoms. The highest BCUT2D eigenvalue weighted by atomic mass is 19.1. The summed E-state index contributed by atoms with van der Waals surface area (Å²) in [6, 6.07) is 9.03. The van der Waals surface area contributed by atoms with Gasteiger partial charge >= 0.3 is 0 Å². The Morgan fingerprint density at radius 1 is 1.25 bits per heavy atom. The molecule has 3 aromatic rings. The van der Waals surface area contributed by atoms with E-state index in [1.807, 2.05) is 18.2 Å². The van der Waals surface area contributed by atoms with Crippen LogP contribution in [-0.4, -0.2) is 62.2 Å². The fourth-order valence-corrected chi connectivity index (χ4v) is 4.22. The second kappa shape index (κ2) is 10.0. The van der Waals surface area contributed by atoms with Crippen molar-refractivity contribution in [3.63, 3.8) is 0 Å². The predicted octanol–water partition coefficient (Wildman–Crippen LogP) is 2.61. The average molecular weight is 494 g/mol. The number of ether oxygens (including phenoxy) is 1. The number of alkyl halides is 1. The van der Waals surface area contributed by atoms with Crippen LogP contribution < -0.4 is 15.8 Å². The van der Waals surface area contributed by atoms with E-state index in [9.17, 15) is 9.59 Å². The van der Waals surface area contributed by atoms with Gasteiger partial charge in [-0.2, -0.15) is 5.10 Å². The summed E-state index contributed by atoms with van der Waals surface area (Å²) in [5.74, 6) is 0.811. The molecule has 2 aromatic heterocycles. The first kappa shape index (κ1) is 23.9. The first-order chi connectivity index (χ1) is 17.4. The van der Waals surface area contributed by atoms with Gasteiger partial charge in [0.1, 0.15) is 17.7 Å². The van der Waals surface area contributed by atoms with Crippen molar-refractivity contribution in [3.8, 4) is 17.0 Å². The normalized spacial score (nSPS) is 19.7. The summed E-state index contributed by atoms with van der Waals surface area (Å²) < 4.78 is 21.0. The van der Waals surface area contributed by atoms with E-state index in [-0.39, 0.29) is 36.6 Å². The van der Waals surface area contributed by atoms with E-state index in [4.69, 9.17) is 10.5 Å². The third-order valence-electron chi connectivity index (χ3n) is 6.40. The van der Waals surface area contributed by atoms with Gasteiger partial charge in [0, 0.05) is 48.4 Å². The molecule has 2 atom stereocenters. The Kier molecular flexibility index (Phi) is 6.64. The Morgan fingerprint density at radius 2 is 2.08 bits per heavy atom. The minimum Gasteiger partial charge on any atom is -0.487 e. The van der Waals surface area contributed by atoms with Gasteiger partial charge < -0.3 is 20.7 Å². The number of halogens is 1. The summed E-state index contributed by atoms with van der Waals surface area (Å²) in [5, 5.41) is 9.37. The van der Waals surface area contributed by atoms with Gasteiger partial charge in [-0.05, 0) is 50.1 Å². The second-order valence-corrected chi connectivity index (χ2v) is 9.16. The molecule has 0 spiro atoms. The first-order valence-electron chi connectivity index (χ1n) is 12.0. The number of likely N-dealkylation sites (tertiary alicyclic amines) is 1. The number of benzene rings is 1. The zero-order valence-corrected chi connectivity index (χ0v) is 19.9. The Hall–Kier alpha value is -3.86. The van der Waals surface area contributed by atoms with Crippen LogP contribution in [0.25, 0.3) is 11.3 Å². The monoisotopic (exact) mass is 493 g/mol. The number of aryl methyl sites for hydroxylation is 1. The number of carbonyl (C=O) groups excluding carboxylic acids is 2. The van der Waals surface area contributed by atoms with Gasteiger partial charge in [-0.1, -0.05) is 0 Å². The van der Waals surface area contributed by atoms with E-state index in [0.29, 0.717) is 41.5 Å². The summed E-state index contributed by atoms with van der Waals surface area (Å²) in [7, 11) is 0. The molecule has 0 radical (unpaired) electrons. The lowest BCUT2D eigenvalue weighted by Crippen LogP contribution is -2.49. The molecular weight excluding hydrogens is 465 g/mol. The molecule has 4 N–H and O–H groups in total. The molecule has 188 valence electrons. The maximum atomic E-state index is 15.0. The lowest BCUT2D eigenvalue weighted by molar-refractivity contribution is -0.117. The maximum absolute atomic E-state index is 15.0. The van der Waals surface area contributed by atoms with Crippen molar-refractivity contribution in [2.75, 3.05) is 18.4 Å². The molecule has 3 heterocycles. The number of nitrogens with zero attached hydrogens (tertiary/aromatic N) is 4. The third kappa shape index (κ3) is 5.20. The molecule has 36 heavy (non-hydrogen) atoms. The third-order valence-corrected chi connectivity index (χ3v) is 6.40. The SMILES string of the molecule is Cc1n[nH]c(C(=O)N2CC[C@H](Oc3ccc(-c4cc(NC(=O)C5CC5)ccn4)cc3CN)[C@H](F)C2)n1. The largest absolute Gasteiger partial charge is 0.487 e. The van der Waals surface area contributed by atoms with Crippen LogP contribution >= 0.6 is 0 Å². The number of hydrogen-bond acceptors (Lipinski definition) is 7. The maximum Gasteiger partial charge on any atom is 0.291 e. The predicted molar refractivity (Wildman–Crippen MR) is 130 cm³/mol. The molecule has 2 fully saturated rings. The highest BCUT2D eigenvalue weighted by Crippen LogP contribution is 2.32. The Morgan fingerprint density at radius 3 is 2.78 bits per heavy atom. The Labute approximate surface area is 207 Å². The molecule has 1 aliphatic heterocycles. The summed E-state index contributed by atoms with van der Waals surface area (Å²) in [6.07, 6.45) is 1.76. The molecule has 1 saturated heterocycles. The fraction of sp³-hybridized carbons (Fsp3) is 0.400. The quantitative estimate of drug-likeness (QED) is 0.460. The lowest BCUT2D eigenvalue weighted by Gasteiger charge is -2.34. The summed E-state index contributed by atoms with van der Waals surface area (Å²) in [4.78, 5) is 34.5. The number of nitrogens with one attached hydrogen (secondary N) is 2. The number of pyridine rings is 1. The zero-order chi connectivity index (χ0) is 25.2. The van der Waals surface area contributed by atoms with Crippen LogP contribution in [-0.2, 0) is 11.3 Å². The van der Waals surface area contributed by atoms with Crippen molar-refractivity contribution in [2.24, 2.45) is 11.7 Å². The molecular formula is C25H28FN7O3. The van der Waals surface area contributed by atoms with Crippen LogP contribution in [0.2, 0.25) is 0 Å². The number of nitrogens with two attached hydrogens (primary N) is 1. The van der Waals surface area contributed by atoms with Crippen LogP contribution in [0.15, 0.2) is 36.5 Å². The minimum atomic E-state index is -1.37. The van der Waals surface area contributed by atoms with Crippen LogP contribution in [0.4, 0.5) is 10.1 Å². The molecule has 1 aliphatic carbocycles. The minimum absolute atomic E-state index is 0.0306. The number of amides is 2. The first-order valence-corrected chi connectivity index (χ1v) is 12.0. The van der Waals surface area contributed by atoms with Crippen LogP contribution in [0, 0.1) is 12.8 Å². The van der Waals surface area contributed by atoms with Crippen molar-refractivity contribution in [1.29, 1.82) is 0 Å².